The second-order valence-corrected chi connectivity index (χ2v) is 6.29. The van der Waals surface area contributed by atoms with Crippen LogP contribution in [0, 0.1) is 0 Å². The molecule has 0 unspecified atom stereocenters. The van der Waals surface area contributed by atoms with E-state index >= 15 is 0 Å². The van der Waals surface area contributed by atoms with Crippen molar-refractivity contribution in [3.8, 4) is 22.8 Å². The maximum absolute atomic E-state index is 12.6. The molecular formula is C20H23N5O4. The standard InChI is InChI=1S/C20H23N5O4/c1-5-24-11-10-17(22-24)21-20(27)13(2)25-18(26)12-16(29-4)19(23-25)14-6-8-15(28-3)9-7-14/h6-13H,5H2,1-4H3,(H,21,22,27)/t13-/m0/s1. The summed E-state index contributed by atoms with van der Waals surface area (Å²) in [7, 11) is 3.05. The molecule has 0 aliphatic heterocycles. The zero-order valence-corrected chi connectivity index (χ0v) is 16.7. The number of rotatable bonds is 7. The number of aryl methyl sites for hydroxylation is 1. The average molecular weight is 397 g/mol. The van der Waals surface area contributed by atoms with Crippen LogP contribution in [0.5, 0.6) is 11.5 Å². The van der Waals surface area contributed by atoms with Crippen LogP contribution < -0.4 is 20.3 Å². The fourth-order valence-electron chi connectivity index (χ4n) is 2.78. The molecule has 0 fully saturated rings. The molecule has 1 aromatic carbocycles. The van der Waals surface area contributed by atoms with E-state index in [2.05, 4.69) is 15.5 Å². The third-order valence-electron chi connectivity index (χ3n) is 4.47. The number of anilines is 1. The van der Waals surface area contributed by atoms with Crippen LogP contribution in [-0.4, -0.2) is 39.7 Å². The summed E-state index contributed by atoms with van der Waals surface area (Å²) in [6.07, 6.45) is 1.76. The third-order valence-corrected chi connectivity index (χ3v) is 4.47. The lowest BCUT2D eigenvalue weighted by molar-refractivity contribution is -0.119. The van der Waals surface area contributed by atoms with Gasteiger partial charge in [-0.3, -0.25) is 14.3 Å². The molecule has 0 saturated carbocycles. The molecule has 9 heteroatoms. The molecule has 2 heterocycles. The molecule has 29 heavy (non-hydrogen) atoms. The minimum absolute atomic E-state index is 0.325. The van der Waals surface area contributed by atoms with Crippen LogP contribution in [0.3, 0.4) is 0 Å². The average Bonchev–Trinajstić information content (AvgIpc) is 3.20. The van der Waals surface area contributed by atoms with Gasteiger partial charge in [0.15, 0.2) is 11.6 Å². The Balaban J connectivity index is 1.93. The van der Waals surface area contributed by atoms with E-state index in [0.717, 1.165) is 10.2 Å². The zero-order valence-electron chi connectivity index (χ0n) is 16.7. The van der Waals surface area contributed by atoms with Gasteiger partial charge in [-0.15, -0.1) is 0 Å². The Morgan fingerprint density at radius 1 is 1.14 bits per heavy atom. The Hall–Kier alpha value is -3.62. The monoisotopic (exact) mass is 397 g/mol. The first-order valence-corrected chi connectivity index (χ1v) is 9.13. The number of carbonyl (C=O) groups excluding carboxylic acids is 1. The molecule has 1 N–H and O–H groups in total. The van der Waals surface area contributed by atoms with Crippen LogP contribution >= 0.6 is 0 Å². The molecule has 0 aliphatic carbocycles. The number of benzene rings is 1. The summed E-state index contributed by atoms with van der Waals surface area (Å²) in [6, 6.07) is 9.35. The molecule has 0 aliphatic rings. The van der Waals surface area contributed by atoms with Crippen LogP contribution in [0.1, 0.15) is 19.9 Å². The number of hydrogen-bond donors (Lipinski definition) is 1. The second-order valence-electron chi connectivity index (χ2n) is 6.29. The van der Waals surface area contributed by atoms with Crippen LogP contribution in [-0.2, 0) is 11.3 Å². The molecule has 0 bridgehead atoms. The maximum atomic E-state index is 12.6. The molecule has 3 aromatic rings. The molecule has 0 radical (unpaired) electrons. The molecule has 0 saturated heterocycles. The molecule has 1 amide bonds. The summed E-state index contributed by atoms with van der Waals surface area (Å²) in [5.74, 6) is 1.04. The van der Waals surface area contributed by atoms with Crippen molar-refractivity contribution in [2.45, 2.75) is 26.4 Å². The topological polar surface area (TPSA) is 100 Å². The van der Waals surface area contributed by atoms with Crippen molar-refractivity contribution in [3.05, 3.63) is 52.9 Å². The molecule has 0 spiro atoms. The van der Waals surface area contributed by atoms with Gasteiger partial charge in [0.05, 0.1) is 14.2 Å². The number of nitrogens with zero attached hydrogens (tertiary/aromatic N) is 4. The first-order valence-electron chi connectivity index (χ1n) is 9.13. The molecule has 152 valence electrons. The van der Waals surface area contributed by atoms with Crippen molar-refractivity contribution >= 4 is 11.7 Å². The lowest BCUT2D eigenvalue weighted by atomic mass is 10.1. The summed E-state index contributed by atoms with van der Waals surface area (Å²) >= 11 is 0. The largest absolute Gasteiger partial charge is 0.497 e. The van der Waals surface area contributed by atoms with Crippen molar-refractivity contribution in [2.75, 3.05) is 19.5 Å². The van der Waals surface area contributed by atoms with Crippen LogP contribution in [0.15, 0.2) is 47.4 Å². The fraction of sp³-hybridized carbons (Fsp3) is 0.300. The van der Waals surface area contributed by atoms with E-state index in [4.69, 9.17) is 9.47 Å². The number of nitrogens with one attached hydrogen (secondary N) is 1. The van der Waals surface area contributed by atoms with Gasteiger partial charge >= 0.3 is 0 Å². The smallest absolute Gasteiger partial charge is 0.271 e. The lowest BCUT2D eigenvalue weighted by Crippen LogP contribution is -2.33. The molecule has 3 rings (SSSR count). The molecular weight excluding hydrogens is 374 g/mol. The number of carbonyl (C=O) groups is 1. The first-order chi connectivity index (χ1) is 14.0. The van der Waals surface area contributed by atoms with Gasteiger partial charge in [-0.05, 0) is 38.1 Å². The Kier molecular flexibility index (Phi) is 5.96. The van der Waals surface area contributed by atoms with Crippen molar-refractivity contribution < 1.29 is 14.3 Å². The van der Waals surface area contributed by atoms with Crippen molar-refractivity contribution in [1.29, 1.82) is 0 Å². The van der Waals surface area contributed by atoms with E-state index in [1.54, 1.807) is 55.2 Å². The molecule has 1 atom stereocenters. The Morgan fingerprint density at radius 2 is 1.86 bits per heavy atom. The Bertz CT molecular complexity index is 1060. The summed E-state index contributed by atoms with van der Waals surface area (Å²) in [5.41, 5.74) is 0.733. The van der Waals surface area contributed by atoms with E-state index in [1.165, 1.54) is 13.2 Å². The van der Waals surface area contributed by atoms with E-state index in [0.29, 0.717) is 29.6 Å². The highest BCUT2D eigenvalue weighted by molar-refractivity contribution is 5.92. The van der Waals surface area contributed by atoms with Gasteiger partial charge in [0.2, 0.25) is 5.91 Å². The number of hydrogen-bond acceptors (Lipinski definition) is 6. The van der Waals surface area contributed by atoms with Gasteiger partial charge in [-0.1, -0.05) is 0 Å². The number of ether oxygens (including phenoxy) is 2. The quantitative estimate of drug-likeness (QED) is 0.657. The fourth-order valence-corrected chi connectivity index (χ4v) is 2.78. The predicted molar refractivity (Wildman–Crippen MR) is 108 cm³/mol. The second kappa shape index (κ2) is 8.59. The van der Waals surface area contributed by atoms with Gasteiger partial charge in [0, 0.05) is 30.4 Å². The van der Waals surface area contributed by atoms with Crippen LogP contribution in [0.2, 0.25) is 0 Å². The highest BCUT2D eigenvalue weighted by Crippen LogP contribution is 2.28. The predicted octanol–water partition coefficient (Wildman–Crippen LogP) is 2.34. The summed E-state index contributed by atoms with van der Waals surface area (Å²) < 4.78 is 13.3. The van der Waals surface area contributed by atoms with Gasteiger partial charge in [0.1, 0.15) is 17.5 Å². The van der Waals surface area contributed by atoms with E-state index in [9.17, 15) is 9.59 Å². The summed E-state index contributed by atoms with van der Waals surface area (Å²) in [5, 5.41) is 11.3. The summed E-state index contributed by atoms with van der Waals surface area (Å²) in [4.78, 5) is 25.2. The minimum Gasteiger partial charge on any atom is -0.497 e. The SMILES string of the molecule is CCn1ccc(NC(=O)[C@H](C)n2nc(-c3ccc(OC)cc3)c(OC)cc2=O)n1. The van der Waals surface area contributed by atoms with Crippen molar-refractivity contribution in [2.24, 2.45) is 0 Å². The number of methoxy groups -OCH3 is 2. The first kappa shape index (κ1) is 20.1. The number of amides is 1. The van der Waals surface area contributed by atoms with Gasteiger partial charge in [-0.2, -0.15) is 10.2 Å². The molecule has 9 nitrogen and oxygen atoms in total. The minimum atomic E-state index is -0.850. The molecule has 2 aromatic heterocycles. The highest BCUT2D eigenvalue weighted by atomic mass is 16.5. The summed E-state index contributed by atoms with van der Waals surface area (Å²) in [6.45, 7) is 4.24. The Labute approximate surface area is 167 Å². The maximum Gasteiger partial charge on any atom is 0.271 e. The normalized spacial score (nSPS) is 11.7. The van der Waals surface area contributed by atoms with E-state index in [-0.39, 0.29) is 0 Å². The zero-order chi connectivity index (χ0) is 21.0. The van der Waals surface area contributed by atoms with Gasteiger partial charge in [0.25, 0.3) is 5.56 Å². The van der Waals surface area contributed by atoms with Crippen molar-refractivity contribution in [1.82, 2.24) is 19.6 Å². The van der Waals surface area contributed by atoms with Crippen molar-refractivity contribution in [3.63, 3.8) is 0 Å². The number of aromatic nitrogens is 4. The highest BCUT2D eigenvalue weighted by Gasteiger charge is 2.21. The third kappa shape index (κ3) is 4.29. The van der Waals surface area contributed by atoms with Crippen LogP contribution in [0.25, 0.3) is 11.3 Å². The van der Waals surface area contributed by atoms with Gasteiger partial charge < -0.3 is 14.8 Å². The van der Waals surface area contributed by atoms with E-state index in [1.807, 2.05) is 6.92 Å². The van der Waals surface area contributed by atoms with E-state index < -0.39 is 17.5 Å². The Morgan fingerprint density at radius 3 is 2.45 bits per heavy atom. The lowest BCUT2D eigenvalue weighted by Gasteiger charge is -2.16. The van der Waals surface area contributed by atoms with Gasteiger partial charge in [-0.25, -0.2) is 4.68 Å². The van der Waals surface area contributed by atoms with Crippen LogP contribution in [0.4, 0.5) is 5.82 Å².